The van der Waals surface area contributed by atoms with Gasteiger partial charge in [0.1, 0.15) is 11.6 Å². The van der Waals surface area contributed by atoms with Crippen LogP contribution in [0.3, 0.4) is 0 Å². The molecule has 110 valence electrons. The van der Waals surface area contributed by atoms with Crippen LogP contribution in [0.2, 0.25) is 0 Å². The molecule has 0 unspecified atom stereocenters. The van der Waals surface area contributed by atoms with Gasteiger partial charge in [0.2, 0.25) is 0 Å². The van der Waals surface area contributed by atoms with Crippen molar-refractivity contribution in [2.75, 3.05) is 0 Å². The third-order valence-corrected chi connectivity index (χ3v) is 5.43. The smallest absolute Gasteiger partial charge is 0.127 e. The van der Waals surface area contributed by atoms with Crippen LogP contribution in [0, 0.1) is 11.7 Å². The average Bonchev–Trinajstić information content (AvgIpc) is 2.26. The van der Waals surface area contributed by atoms with Crippen LogP contribution < -0.4 is 0 Å². The molecule has 21 heavy (non-hydrogen) atoms. The number of aromatic hydroxyl groups is 1. The van der Waals surface area contributed by atoms with Crippen LogP contribution >= 0.6 is 0 Å². The molecule has 2 heteroatoms. The zero-order valence-electron chi connectivity index (χ0n) is 12.8. The maximum atomic E-state index is 14.7. The Morgan fingerprint density at radius 1 is 1.14 bits per heavy atom. The molecule has 2 aromatic carbocycles. The third kappa shape index (κ3) is 1.68. The summed E-state index contributed by atoms with van der Waals surface area (Å²) in [7, 11) is 0. The molecule has 3 aliphatic carbocycles. The second kappa shape index (κ2) is 3.79. The molecule has 5 rings (SSSR count). The largest absolute Gasteiger partial charge is 0.508 e. The lowest BCUT2D eigenvalue weighted by atomic mass is 9.41. The number of hydrogen-bond acceptors (Lipinski definition) is 1. The summed E-state index contributed by atoms with van der Waals surface area (Å²) in [6.07, 6.45) is 3.40. The molecule has 0 amide bonds. The monoisotopic (exact) mass is 284 g/mol. The van der Waals surface area contributed by atoms with Gasteiger partial charge >= 0.3 is 0 Å². The Kier molecular flexibility index (Phi) is 2.37. The van der Waals surface area contributed by atoms with E-state index < -0.39 is 0 Å². The summed E-state index contributed by atoms with van der Waals surface area (Å²) >= 11 is 0. The van der Waals surface area contributed by atoms with E-state index in [1.54, 1.807) is 18.2 Å². The van der Waals surface area contributed by atoms with Gasteiger partial charge in [0.05, 0.1) is 0 Å². The molecule has 0 atom stereocenters. The fraction of sp³-hybridized carbons (Fsp3) is 0.474. The lowest BCUT2D eigenvalue weighted by molar-refractivity contribution is -0.0288. The second-order valence-electron chi connectivity index (χ2n) is 8.02. The molecule has 0 saturated heterocycles. The third-order valence-electron chi connectivity index (χ3n) is 5.43. The molecule has 0 spiro atoms. The van der Waals surface area contributed by atoms with Crippen LogP contribution in [-0.4, -0.2) is 5.11 Å². The van der Waals surface area contributed by atoms with E-state index in [1.807, 2.05) is 6.07 Å². The molecule has 3 aliphatic rings. The van der Waals surface area contributed by atoms with Gasteiger partial charge in [-0.2, -0.15) is 0 Å². The van der Waals surface area contributed by atoms with Gasteiger partial charge in [0, 0.05) is 5.56 Å². The molecule has 2 bridgehead atoms. The predicted molar refractivity (Wildman–Crippen MR) is 83.3 cm³/mol. The van der Waals surface area contributed by atoms with Crippen molar-refractivity contribution in [2.24, 2.45) is 5.92 Å². The zero-order chi connectivity index (χ0) is 15.0. The van der Waals surface area contributed by atoms with Gasteiger partial charge in [-0.3, -0.25) is 0 Å². The van der Waals surface area contributed by atoms with E-state index in [-0.39, 0.29) is 22.4 Å². The van der Waals surface area contributed by atoms with Crippen molar-refractivity contribution in [1.82, 2.24) is 0 Å². The first-order valence-electron chi connectivity index (χ1n) is 7.76. The maximum Gasteiger partial charge on any atom is 0.127 e. The molecule has 0 radical (unpaired) electrons. The summed E-state index contributed by atoms with van der Waals surface area (Å²) in [6, 6.07) is 6.95. The second-order valence-corrected chi connectivity index (χ2v) is 8.02. The first-order valence-corrected chi connectivity index (χ1v) is 7.76. The van der Waals surface area contributed by atoms with Gasteiger partial charge in [-0.25, -0.2) is 4.39 Å². The number of rotatable bonds is 1. The Morgan fingerprint density at radius 2 is 1.81 bits per heavy atom. The average molecular weight is 284 g/mol. The molecule has 2 aromatic rings. The van der Waals surface area contributed by atoms with Gasteiger partial charge in [0.25, 0.3) is 0 Å². The van der Waals surface area contributed by atoms with E-state index >= 15 is 0 Å². The Balaban J connectivity index is 2.10. The number of phenolic OH excluding ortho intramolecular Hbond substituents is 1. The minimum absolute atomic E-state index is 0.0724. The van der Waals surface area contributed by atoms with Gasteiger partial charge in [-0.15, -0.1) is 0 Å². The van der Waals surface area contributed by atoms with Crippen LogP contribution in [-0.2, 0) is 10.8 Å². The lowest BCUT2D eigenvalue weighted by Gasteiger charge is -2.62. The predicted octanol–water partition coefficient (Wildman–Crippen LogP) is 5.03. The summed E-state index contributed by atoms with van der Waals surface area (Å²) < 4.78 is 14.7. The summed E-state index contributed by atoms with van der Waals surface area (Å²) in [5, 5.41) is 12.0. The summed E-state index contributed by atoms with van der Waals surface area (Å²) in [6.45, 7) is 6.37. The van der Waals surface area contributed by atoms with Gasteiger partial charge in [0.15, 0.2) is 0 Å². The minimum Gasteiger partial charge on any atom is -0.508 e. The highest BCUT2D eigenvalue weighted by atomic mass is 19.1. The van der Waals surface area contributed by atoms with Crippen LogP contribution in [0.4, 0.5) is 4.39 Å². The highest BCUT2D eigenvalue weighted by Gasteiger charge is 2.59. The number of fused-ring (bicyclic) bond motifs is 1. The van der Waals surface area contributed by atoms with E-state index in [1.165, 1.54) is 0 Å². The molecule has 0 aliphatic heterocycles. The minimum atomic E-state index is -0.122. The number of halogens is 1. The Morgan fingerprint density at radius 3 is 2.33 bits per heavy atom. The van der Waals surface area contributed by atoms with Crippen molar-refractivity contribution in [3.8, 4) is 5.75 Å². The van der Waals surface area contributed by atoms with Crippen molar-refractivity contribution in [3.05, 3.63) is 41.2 Å². The molecule has 0 aromatic heterocycles. The first kappa shape index (κ1) is 13.1. The zero-order valence-corrected chi connectivity index (χ0v) is 12.8. The van der Waals surface area contributed by atoms with Crippen molar-refractivity contribution in [2.45, 2.75) is 50.9 Å². The SMILES string of the molecule is CC(C)(C)c1cc(O)cc2ccc(F)c(C34CC(C3)C4)c12. The Labute approximate surface area is 124 Å². The summed E-state index contributed by atoms with van der Waals surface area (Å²) in [5.41, 5.74) is 1.91. The fourth-order valence-corrected chi connectivity index (χ4v) is 4.32. The fourth-order valence-electron chi connectivity index (χ4n) is 4.32. The molecule has 3 saturated carbocycles. The van der Waals surface area contributed by atoms with E-state index in [0.29, 0.717) is 0 Å². The number of hydrogen-bond donors (Lipinski definition) is 1. The first-order chi connectivity index (χ1) is 9.80. The van der Waals surface area contributed by atoms with Gasteiger partial charge in [-0.05, 0) is 70.5 Å². The van der Waals surface area contributed by atoms with Crippen molar-refractivity contribution < 1.29 is 9.50 Å². The van der Waals surface area contributed by atoms with Crippen molar-refractivity contribution in [1.29, 1.82) is 0 Å². The maximum absolute atomic E-state index is 14.7. The van der Waals surface area contributed by atoms with E-state index in [0.717, 1.165) is 47.1 Å². The summed E-state index contributed by atoms with van der Waals surface area (Å²) in [4.78, 5) is 0. The molecule has 1 nitrogen and oxygen atoms in total. The van der Waals surface area contributed by atoms with Crippen molar-refractivity contribution >= 4 is 10.8 Å². The van der Waals surface area contributed by atoms with Crippen LogP contribution in [0.15, 0.2) is 24.3 Å². The van der Waals surface area contributed by atoms with Crippen LogP contribution in [0.25, 0.3) is 10.8 Å². The standard InChI is InChI=1S/C19H21FO/c1-18(2,3)14-7-13(21)6-12-4-5-15(20)17(16(12)14)19-8-11(9-19)10-19/h4-7,11,21H,8-10H2,1-3H3. The molecule has 0 heterocycles. The summed E-state index contributed by atoms with van der Waals surface area (Å²) in [5.74, 6) is 1.01. The molecule has 3 fully saturated rings. The van der Waals surface area contributed by atoms with Crippen LogP contribution in [0.5, 0.6) is 5.75 Å². The molecular weight excluding hydrogens is 263 g/mol. The highest BCUT2D eigenvalue weighted by molar-refractivity contribution is 5.92. The van der Waals surface area contributed by atoms with E-state index in [2.05, 4.69) is 20.8 Å². The topological polar surface area (TPSA) is 20.2 Å². The van der Waals surface area contributed by atoms with Crippen molar-refractivity contribution in [3.63, 3.8) is 0 Å². The normalized spacial score (nSPS) is 27.3. The van der Waals surface area contributed by atoms with Gasteiger partial charge < -0.3 is 5.11 Å². The lowest BCUT2D eigenvalue weighted by Crippen LogP contribution is -2.55. The molecule has 1 N–H and O–H groups in total. The quantitative estimate of drug-likeness (QED) is 0.778. The van der Waals surface area contributed by atoms with Gasteiger partial charge in [-0.1, -0.05) is 26.8 Å². The Bertz CT molecular complexity index is 737. The highest BCUT2D eigenvalue weighted by Crippen LogP contribution is 2.66. The number of phenols is 1. The van der Waals surface area contributed by atoms with E-state index in [4.69, 9.17) is 0 Å². The Hall–Kier alpha value is -1.57. The van der Waals surface area contributed by atoms with Crippen LogP contribution in [0.1, 0.15) is 51.2 Å². The van der Waals surface area contributed by atoms with E-state index in [9.17, 15) is 9.50 Å². The molecular formula is C19H21FO. The number of benzene rings is 2.